The molecule has 1 heterocycles. The molecule has 1 saturated heterocycles. The summed E-state index contributed by atoms with van der Waals surface area (Å²) in [5, 5.41) is 6.46. The molecular weight excluding hydrogens is 396 g/mol. The smallest absolute Gasteiger partial charge is 0.230 e. The summed E-state index contributed by atoms with van der Waals surface area (Å²) in [5.41, 5.74) is 2.42. The predicted molar refractivity (Wildman–Crippen MR) is 105 cm³/mol. The first-order chi connectivity index (χ1) is 10.6. The maximum Gasteiger partial charge on any atom is 0.230 e. The van der Waals surface area contributed by atoms with Crippen molar-refractivity contribution in [3.05, 3.63) is 27.7 Å². The Morgan fingerprint density at radius 3 is 2.87 bits per heavy atom. The Hall–Kier alpha value is -0.230. The van der Waals surface area contributed by atoms with E-state index in [9.17, 15) is 4.79 Å². The molecule has 130 valence electrons. The van der Waals surface area contributed by atoms with E-state index >= 15 is 0 Å². The van der Waals surface area contributed by atoms with Crippen molar-refractivity contribution >= 4 is 46.0 Å². The molecule has 23 heavy (non-hydrogen) atoms. The van der Waals surface area contributed by atoms with Gasteiger partial charge in [-0.1, -0.05) is 15.9 Å². The van der Waals surface area contributed by atoms with Crippen LogP contribution in [0.5, 0.6) is 0 Å². The fourth-order valence-electron chi connectivity index (χ4n) is 2.69. The van der Waals surface area contributed by atoms with Gasteiger partial charge < -0.3 is 10.6 Å². The molecule has 1 amide bonds. The van der Waals surface area contributed by atoms with E-state index in [1.54, 1.807) is 11.8 Å². The number of hydrogen-bond donors (Lipinski definition) is 2. The number of amides is 1. The maximum atomic E-state index is 12.0. The maximum absolute atomic E-state index is 12.0. The third kappa shape index (κ3) is 7.04. The standard InChI is InChI=1S/C17H25BrN2OS.ClH/c1-12-9-16(13(2)8-15(12)18)22-11-17(21)20-7-5-14-4-3-6-19-10-14;/h8-9,14,19H,3-7,10-11H2,1-2H3,(H,20,21);1H. The summed E-state index contributed by atoms with van der Waals surface area (Å²) in [6, 6.07) is 4.26. The molecule has 0 radical (unpaired) electrons. The van der Waals surface area contributed by atoms with Gasteiger partial charge in [-0.2, -0.15) is 0 Å². The van der Waals surface area contributed by atoms with Gasteiger partial charge in [-0.15, -0.1) is 24.2 Å². The van der Waals surface area contributed by atoms with Crippen LogP contribution in [0.2, 0.25) is 0 Å². The highest BCUT2D eigenvalue weighted by Crippen LogP contribution is 2.28. The van der Waals surface area contributed by atoms with Gasteiger partial charge in [-0.25, -0.2) is 0 Å². The molecule has 2 rings (SSSR count). The quantitative estimate of drug-likeness (QED) is 0.680. The summed E-state index contributed by atoms with van der Waals surface area (Å²) in [5.74, 6) is 1.34. The minimum atomic E-state index is 0. The lowest BCUT2D eigenvalue weighted by Gasteiger charge is -2.22. The van der Waals surface area contributed by atoms with Crippen molar-refractivity contribution in [2.24, 2.45) is 5.92 Å². The first-order valence-electron chi connectivity index (χ1n) is 7.93. The Bertz CT molecular complexity index is 522. The topological polar surface area (TPSA) is 41.1 Å². The van der Waals surface area contributed by atoms with Crippen molar-refractivity contribution in [3.8, 4) is 0 Å². The largest absolute Gasteiger partial charge is 0.355 e. The number of carbonyl (C=O) groups excluding carboxylic acids is 1. The molecule has 0 aliphatic carbocycles. The van der Waals surface area contributed by atoms with E-state index in [1.165, 1.54) is 28.9 Å². The molecular formula is C17H26BrClN2OS. The predicted octanol–water partition coefficient (Wildman–Crippen LogP) is 4.09. The zero-order valence-electron chi connectivity index (χ0n) is 13.8. The molecule has 0 aromatic heterocycles. The van der Waals surface area contributed by atoms with Crippen LogP contribution in [0, 0.1) is 19.8 Å². The fourth-order valence-corrected chi connectivity index (χ4v) is 4.08. The molecule has 1 aliphatic heterocycles. The van der Waals surface area contributed by atoms with E-state index in [1.807, 2.05) is 0 Å². The van der Waals surface area contributed by atoms with Gasteiger partial charge in [0.2, 0.25) is 5.91 Å². The number of halogens is 2. The molecule has 1 aromatic carbocycles. The Labute approximate surface area is 158 Å². The van der Waals surface area contributed by atoms with Crippen LogP contribution in [0.15, 0.2) is 21.5 Å². The number of thioether (sulfide) groups is 1. The van der Waals surface area contributed by atoms with Crippen LogP contribution in [0.25, 0.3) is 0 Å². The second kappa shape index (κ2) is 10.6. The van der Waals surface area contributed by atoms with Gasteiger partial charge in [0, 0.05) is 15.9 Å². The van der Waals surface area contributed by atoms with Crippen LogP contribution in [-0.2, 0) is 4.79 Å². The molecule has 1 fully saturated rings. The normalized spacial score (nSPS) is 17.4. The summed E-state index contributed by atoms with van der Waals surface area (Å²) in [6.45, 7) is 7.20. The molecule has 0 bridgehead atoms. The SMILES string of the molecule is Cc1cc(SCC(=O)NCCC2CCCNC2)c(C)cc1Br.Cl. The van der Waals surface area contributed by atoms with Gasteiger partial charge in [-0.05, 0) is 75.4 Å². The number of rotatable bonds is 6. The van der Waals surface area contributed by atoms with E-state index in [2.05, 4.69) is 52.5 Å². The fraction of sp³-hybridized carbons (Fsp3) is 0.588. The number of benzene rings is 1. The van der Waals surface area contributed by atoms with E-state index < -0.39 is 0 Å². The Morgan fingerprint density at radius 2 is 2.17 bits per heavy atom. The summed E-state index contributed by atoms with van der Waals surface area (Å²) >= 11 is 5.16. The van der Waals surface area contributed by atoms with Gasteiger partial charge in [0.1, 0.15) is 0 Å². The van der Waals surface area contributed by atoms with Crippen molar-refractivity contribution in [1.29, 1.82) is 0 Å². The summed E-state index contributed by atoms with van der Waals surface area (Å²) in [4.78, 5) is 13.2. The molecule has 1 unspecified atom stereocenters. The summed E-state index contributed by atoms with van der Waals surface area (Å²) < 4.78 is 1.12. The Balaban J connectivity index is 0.00000264. The zero-order valence-corrected chi connectivity index (χ0v) is 17.0. The van der Waals surface area contributed by atoms with Gasteiger partial charge >= 0.3 is 0 Å². The van der Waals surface area contributed by atoms with Gasteiger partial charge in [0.25, 0.3) is 0 Å². The van der Waals surface area contributed by atoms with Crippen LogP contribution in [0.4, 0.5) is 0 Å². The minimum Gasteiger partial charge on any atom is -0.355 e. The van der Waals surface area contributed by atoms with Crippen LogP contribution >= 0.6 is 40.1 Å². The van der Waals surface area contributed by atoms with Gasteiger partial charge in [0.05, 0.1) is 5.75 Å². The van der Waals surface area contributed by atoms with Crippen molar-refractivity contribution < 1.29 is 4.79 Å². The highest BCUT2D eigenvalue weighted by molar-refractivity contribution is 9.10. The first-order valence-corrected chi connectivity index (χ1v) is 9.71. The number of carbonyl (C=O) groups is 1. The lowest BCUT2D eigenvalue weighted by atomic mass is 9.96. The van der Waals surface area contributed by atoms with Crippen LogP contribution < -0.4 is 10.6 Å². The highest BCUT2D eigenvalue weighted by Gasteiger charge is 2.13. The number of nitrogens with one attached hydrogen (secondary N) is 2. The number of piperidine rings is 1. The summed E-state index contributed by atoms with van der Waals surface area (Å²) in [7, 11) is 0. The molecule has 2 N–H and O–H groups in total. The molecule has 1 aliphatic rings. The Kier molecular flexibility index (Phi) is 9.59. The molecule has 1 atom stereocenters. The average molecular weight is 422 g/mol. The van der Waals surface area contributed by atoms with E-state index in [0.717, 1.165) is 36.4 Å². The van der Waals surface area contributed by atoms with Crippen molar-refractivity contribution in [2.75, 3.05) is 25.4 Å². The van der Waals surface area contributed by atoms with Crippen molar-refractivity contribution in [2.45, 2.75) is 38.0 Å². The number of aryl methyl sites for hydroxylation is 2. The highest BCUT2D eigenvalue weighted by atomic mass is 79.9. The van der Waals surface area contributed by atoms with Crippen molar-refractivity contribution in [3.63, 3.8) is 0 Å². The molecule has 6 heteroatoms. The molecule has 1 aromatic rings. The Morgan fingerprint density at radius 1 is 1.39 bits per heavy atom. The third-order valence-corrected chi connectivity index (χ3v) is 6.10. The first kappa shape index (κ1) is 20.8. The van der Waals surface area contributed by atoms with Gasteiger partial charge in [-0.3, -0.25) is 4.79 Å². The average Bonchev–Trinajstić information content (AvgIpc) is 2.50. The number of hydrogen-bond acceptors (Lipinski definition) is 3. The van der Waals surface area contributed by atoms with E-state index in [-0.39, 0.29) is 18.3 Å². The minimum absolute atomic E-state index is 0. The molecule has 0 saturated carbocycles. The molecule has 3 nitrogen and oxygen atoms in total. The van der Waals surface area contributed by atoms with Crippen molar-refractivity contribution in [1.82, 2.24) is 10.6 Å². The van der Waals surface area contributed by atoms with E-state index in [4.69, 9.17) is 0 Å². The second-order valence-corrected chi connectivity index (χ2v) is 7.88. The molecule has 0 spiro atoms. The lowest BCUT2D eigenvalue weighted by molar-refractivity contribution is -0.118. The zero-order chi connectivity index (χ0) is 15.9. The van der Waals surface area contributed by atoms with Crippen LogP contribution in [0.3, 0.4) is 0 Å². The second-order valence-electron chi connectivity index (χ2n) is 6.01. The monoisotopic (exact) mass is 420 g/mol. The van der Waals surface area contributed by atoms with Crippen LogP contribution in [0.1, 0.15) is 30.4 Å². The van der Waals surface area contributed by atoms with E-state index in [0.29, 0.717) is 5.75 Å². The van der Waals surface area contributed by atoms with Crippen LogP contribution in [-0.4, -0.2) is 31.3 Å². The van der Waals surface area contributed by atoms with Gasteiger partial charge in [0.15, 0.2) is 0 Å². The summed E-state index contributed by atoms with van der Waals surface area (Å²) in [6.07, 6.45) is 3.63. The third-order valence-electron chi connectivity index (χ3n) is 4.09. The lowest BCUT2D eigenvalue weighted by Crippen LogP contribution is -2.33.